The van der Waals surface area contributed by atoms with E-state index < -0.39 is 23.9 Å². The van der Waals surface area contributed by atoms with Crippen LogP contribution in [0.15, 0.2) is 36.5 Å². The van der Waals surface area contributed by atoms with Crippen LogP contribution >= 0.6 is 0 Å². The third-order valence-electron chi connectivity index (χ3n) is 1.44. The van der Waals surface area contributed by atoms with Crippen LogP contribution in [0.4, 0.5) is 0 Å². The second-order valence-corrected chi connectivity index (χ2v) is 3.63. The van der Waals surface area contributed by atoms with Crippen molar-refractivity contribution in [3.63, 3.8) is 0 Å². The second-order valence-electron chi connectivity index (χ2n) is 3.63. The summed E-state index contributed by atoms with van der Waals surface area (Å²) >= 11 is 0. The molecule has 0 aromatic heterocycles. The molecule has 0 amide bonds. The first kappa shape index (κ1) is 20.8. The third-order valence-corrected chi connectivity index (χ3v) is 1.44. The van der Waals surface area contributed by atoms with Gasteiger partial charge < -0.3 is 14.6 Å². The highest BCUT2D eigenvalue weighted by molar-refractivity contribution is 6.03. The van der Waals surface area contributed by atoms with Crippen molar-refractivity contribution in [1.29, 1.82) is 0 Å². The van der Waals surface area contributed by atoms with Crippen molar-refractivity contribution in [2.45, 2.75) is 20.8 Å². The standard InChI is InChI=1S/C12H12O6.C2H6O/c1-7(2)11(15)17-9(13)5-6-10(14)18-12(16)8(3)4;1-2-3/h5-6H,1,3H2,2,4H3;3H,2H2,1H3/b6-5-;. The highest BCUT2D eigenvalue weighted by Crippen LogP contribution is 1.96. The smallest absolute Gasteiger partial charge is 0.340 e. The molecule has 0 aliphatic rings. The van der Waals surface area contributed by atoms with Gasteiger partial charge in [-0.1, -0.05) is 13.2 Å². The van der Waals surface area contributed by atoms with Crippen LogP contribution in [0.3, 0.4) is 0 Å². The Labute approximate surface area is 122 Å². The Bertz CT molecular complexity index is 430. The Morgan fingerprint density at radius 3 is 1.33 bits per heavy atom. The molecule has 0 saturated heterocycles. The van der Waals surface area contributed by atoms with E-state index in [0.717, 1.165) is 0 Å². The number of ether oxygens (including phenoxy) is 2. The van der Waals surface area contributed by atoms with Crippen molar-refractivity contribution in [2.75, 3.05) is 6.61 Å². The number of aliphatic hydroxyl groups excluding tert-OH is 1. The summed E-state index contributed by atoms with van der Waals surface area (Å²) in [7, 11) is 0. The average molecular weight is 298 g/mol. The van der Waals surface area contributed by atoms with Gasteiger partial charge in [-0.3, -0.25) is 0 Å². The zero-order valence-corrected chi connectivity index (χ0v) is 12.2. The van der Waals surface area contributed by atoms with Gasteiger partial charge in [-0.2, -0.15) is 0 Å². The van der Waals surface area contributed by atoms with Gasteiger partial charge in [0.2, 0.25) is 0 Å². The first-order valence-corrected chi connectivity index (χ1v) is 5.77. The summed E-state index contributed by atoms with van der Waals surface area (Å²) < 4.78 is 8.48. The van der Waals surface area contributed by atoms with E-state index in [1.54, 1.807) is 6.92 Å². The molecule has 0 aliphatic heterocycles. The first-order valence-electron chi connectivity index (χ1n) is 5.77. The van der Waals surface area contributed by atoms with Crippen LogP contribution in [0.1, 0.15) is 20.8 Å². The molecule has 0 heterocycles. The van der Waals surface area contributed by atoms with Gasteiger partial charge in [-0.25, -0.2) is 19.2 Å². The van der Waals surface area contributed by atoms with Crippen LogP contribution in [-0.4, -0.2) is 35.6 Å². The Morgan fingerprint density at radius 1 is 0.905 bits per heavy atom. The maximum absolute atomic E-state index is 11.0. The predicted octanol–water partition coefficient (Wildman–Crippen LogP) is 0.833. The van der Waals surface area contributed by atoms with E-state index in [9.17, 15) is 19.2 Å². The van der Waals surface area contributed by atoms with E-state index in [2.05, 4.69) is 22.6 Å². The minimum absolute atomic E-state index is 0.0387. The van der Waals surface area contributed by atoms with E-state index in [0.29, 0.717) is 12.2 Å². The van der Waals surface area contributed by atoms with Gasteiger partial charge in [0, 0.05) is 29.9 Å². The lowest BCUT2D eigenvalue weighted by atomic mass is 10.3. The lowest BCUT2D eigenvalue weighted by Gasteiger charge is -1.98. The van der Waals surface area contributed by atoms with Crippen LogP contribution in [0.25, 0.3) is 0 Å². The molecule has 0 aromatic carbocycles. The Kier molecular flexibility index (Phi) is 11.2. The van der Waals surface area contributed by atoms with Gasteiger partial charge in [0.05, 0.1) is 0 Å². The number of carbonyl (C=O) groups excluding carboxylic acids is 4. The van der Waals surface area contributed by atoms with Crippen LogP contribution in [0.5, 0.6) is 0 Å². The van der Waals surface area contributed by atoms with Gasteiger partial charge in [-0.05, 0) is 20.8 Å². The summed E-state index contributed by atoms with van der Waals surface area (Å²) in [5, 5.41) is 7.57. The van der Waals surface area contributed by atoms with Crippen molar-refractivity contribution < 1.29 is 33.8 Å². The molecule has 0 saturated carbocycles. The number of hydrogen-bond acceptors (Lipinski definition) is 7. The molecule has 0 aliphatic carbocycles. The lowest BCUT2D eigenvalue weighted by molar-refractivity contribution is -0.156. The zero-order chi connectivity index (χ0) is 17.0. The molecule has 0 bridgehead atoms. The fraction of sp³-hybridized carbons (Fsp3) is 0.286. The van der Waals surface area contributed by atoms with E-state index in [1.807, 2.05) is 0 Å². The SMILES string of the molecule is C=C(C)C(=O)OC(=O)/C=C\C(=O)OC(=O)C(=C)C.CCO. The van der Waals surface area contributed by atoms with Gasteiger partial charge in [0.1, 0.15) is 0 Å². The normalized spacial score (nSPS) is 9.14. The fourth-order valence-electron chi connectivity index (χ4n) is 0.561. The summed E-state index contributed by atoms with van der Waals surface area (Å²) in [4.78, 5) is 43.8. The van der Waals surface area contributed by atoms with Crippen molar-refractivity contribution in [3.8, 4) is 0 Å². The lowest BCUT2D eigenvalue weighted by Crippen LogP contribution is -2.13. The predicted molar refractivity (Wildman–Crippen MR) is 73.7 cm³/mol. The number of carbonyl (C=O) groups is 4. The van der Waals surface area contributed by atoms with E-state index in [1.165, 1.54) is 13.8 Å². The zero-order valence-electron chi connectivity index (χ0n) is 12.2. The molecule has 21 heavy (non-hydrogen) atoms. The number of esters is 4. The summed E-state index contributed by atoms with van der Waals surface area (Å²) in [6, 6.07) is 0. The van der Waals surface area contributed by atoms with E-state index in [4.69, 9.17) is 5.11 Å². The molecule has 0 radical (unpaired) electrons. The van der Waals surface area contributed by atoms with Crippen LogP contribution in [0.2, 0.25) is 0 Å². The highest BCUT2D eigenvalue weighted by atomic mass is 16.6. The van der Waals surface area contributed by atoms with Gasteiger partial charge in [0.25, 0.3) is 0 Å². The van der Waals surface area contributed by atoms with E-state index >= 15 is 0 Å². The second kappa shape index (κ2) is 11.3. The average Bonchev–Trinajstić information content (AvgIpc) is 2.36. The Morgan fingerprint density at radius 2 is 1.14 bits per heavy atom. The molecule has 1 N–H and O–H groups in total. The molecule has 0 fully saturated rings. The molecule has 0 spiro atoms. The number of aliphatic hydroxyl groups is 1. The molecule has 116 valence electrons. The van der Waals surface area contributed by atoms with Crippen LogP contribution in [0, 0.1) is 0 Å². The van der Waals surface area contributed by atoms with Crippen molar-refractivity contribution in [3.05, 3.63) is 36.5 Å². The van der Waals surface area contributed by atoms with Crippen molar-refractivity contribution in [2.24, 2.45) is 0 Å². The summed E-state index contributed by atoms with van der Waals surface area (Å²) in [6.45, 7) is 11.2. The van der Waals surface area contributed by atoms with Gasteiger partial charge in [0.15, 0.2) is 0 Å². The summed E-state index contributed by atoms with van der Waals surface area (Å²) in [6.07, 6.45) is 1.32. The Hall–Kier alpha value is -2.54. The van der Waals surface area contributed by atoms with Gasteiger partial charge in [-0.15, -0.1) is 0 Å². The fourth-order valence-corrected chi connectivity index (χ4v) is 0.561. The summed E-state index contributed by atoms with van der Waals surface area (Å²) in [5.41, 5.74) is 0.0774. The van der Waals surface area contributed by atoms with Crippen molar-refractivity contribution >= 4 is 23.9 Å². The Balaban J connectivity index is 0. The largest absolute Gasteiger partial charge is 0.397 e. The minimum atomic E-state index is -1.07. The maximum Gasteiger partial charge on any atom is 0.340 e. The van der Waals surface area contributed by atoms with Crippen LogP contribution in [-0.2, 0) is 28.7 Å². The minimum Gasteiger partial charge on any atom is -0.397 e. The molecule has 0 atom stereocenters. The molecular formula is C14H18O7. The third kappa shape index (κ3) is 12.2. The van der Waals surface area contributed by atoms with E-state index in [-0.39, 0.29) is 17.8 Å². The van der Waals surface area contributed by atoms with Gasteiger partial charge >= 0.3 is 23.9 Å². The number of rotatable bonds is 4. The molecule has 0 aromatic rings. The molecule has 0 rings (SSSR count). The van der Waals surface area contributed by atoms with Crippen molar-refractivity contribution in [1.82, 2.24) is 0 Å². The molecular weight excluding hydrogens is 280 g/mol. The first-order chi connectivity index (χ1) is 9.65. The number of hydrogen-bond donors (Lipinski definition) is 1. The van der Waals surface area contributed by atoms with Crippen LogP contribution < -0.4 is 0 Å². The molecule has 7 nitrogen and oxygen atoms in total. The maximum atomic E-state index is 11.0. The highest BCUT2D eigenvalue weighted by Gasteiger charge is 2.11. The monoisotopic (exact) mass is 298 g/mol. The topological polar surface area (TPSA) is 107 Å². The molecule has 7 heteroatoms. The molecule has 0 unspecified atom stereocenters. The quantitative estimate of drug-likeness (QED) is 0.465. The summed E-state index contributed by atoms with van der Waals surface area (Å²) in [5.74, 6) is -3.95.